The summed E-state index contributed by atoms with van der Waals surface area (Å²) in [5.41, 5.74) is 5.15. The predicted octanol–water partition coefficient (Wildman–Crippen LogP) is 3.91. The third-order valence-corrected chi connectivity index (χ3v) is 5.59. The highest BCUT2D eigenvalue weighted by Gasteiger charge is 2.49. The molecule has 1 unspecified atom stereocenters. The summed E-state index contributed by atoms with van der Waals surface area (Å²) in [6, 6.07) is 2.60. The number of hydrogen-bond donors (Lipinski definition) is 0. The first-order valence-corrected chi connectivity index (χ1v) is 8.56. The zero-order chi connectivity index (χ0) is 16.7. The maximum Gasteiger partial charge on any atom is 0.0822 e. The minimum atomic E-state index is -0.339. The van der Waals surface area contributed by atoms with Gasteiger partial charge in [-0.05, 0) is 56.8 Å². The molecule has 1 aliphatic carbocycles. The van der Waals surface area contributed by atoms with E-state index in [0.29, 0.717) is 0 Å². The summed E-state index contributed by atoms with van der Waals surface area (Å²) in [5, 5.41) is 9.76. The number of fused-ring (bicyclic) bond motifs is 1. The summed E-state index contributed by atoms with van der Waals surface area (Å²) in [7, 11) is 0. The van der Waals surface area contributed by atoms with Crippen molar-refractivity contribution in [1.82, 2.24) is 9.47 Å². The van der Waals surface area contributed by atoms with Crippen molar-refractivity contribution in [3.63, 3.8) is 0 Å². The fraction of sp³-hybridized carbons (Fsp3) is 0.737. The van der Waals surface area contributed by atoms with E-state index in [1.807, 2.05) is 0 Å². The van der Waals surface area contributed by atoms with Gasteiger partial charge in [-0.15, -0.1) is 0 Å². The molecule has 1 aromatic heterocycles. The van der Waals surface area contributed by atoms with Crippen LogP contribution in [0.2, 0.25) is 0 Å². The molecule has 0 saturated carbocycles. The van der Waals surface area contributed by atoms with E-state index in [-0.39, 0.29) is 10.8 Å². The third-order valence-electron chi connectivity index (χ3n) is 5.59. The van der Waals surface area contributed by atoms with Gasteiger partial charge in [-0.1, -0.05) is 27.7 Å². The van der Waals surface area contributed by atoms with Gasteiger partial charge in [0, 0.05) is 24.5 Å². The molecule has 0 fully saturated rings. The highest BCUT2D eigenvalue weighted by molar-refractivity contribution is 5.55. The lowest BCUT2D eigenvalue weighted by Crippen LogP contribution is -2.28. The van der Waals surface area contributed by atoms with Gasteiger partial charge in [-0.3, -0.25) is 0 Å². The first-order chi connectivity index (χ1) is 10.2. The summed E-state index contributed by atoms with van der Waals surface area (Å²) in [6.45, 7) is 19.8. The number of likely N-dealkylation sites (N-methyl/N-ethyl adjacent to an activating group) is 1. The Hall–Kier alpha value is -1.27. The van der Waals surface area contributed by atoms with Gasteiger partial charge < -0.3 is 9.47 Å². The molecule has 122 valence electrons. The molecule has 0 spiro atoms. The molecular formula is C19H31N3. The lowest BCUT2D eigenvalue weighted by molar-refractivity contribution is 0.288. The van der Waals surface area contributed by atoms with Crippen molar-refractivity contribution >= 4 is 0 Å². The molecule has 1 aliphatic rings. The lowest BCUT2D eigenvalue weighted by Gasteiger charge is -2.25. The topological polar surface area (TPSA) is 32.0 Å². The Morgan fingerprint density at radius 3 is 2.14 bits per heavy atom. The van der Waals surface area contributed by atoms with Gasteiger partial charge in [0.15, 0.2) is 0 Å². The van der Waals surface area contributed by atoms with Crippen LogP contribution >= 0.6 is 0 Å². The molecular weight excluding hydrogens is 270 g/mol. The molecule has 3 heteroatoms. The molecule has 3 nitrogen and oxygen atoms in total. The monoisotopic (exact) mass is 301 g/mol. The van der Waals surface area contributed by atoms with Crippen molar-refractivity contribution in [2.24, 2.45) is 0 Å². The van der Waals surface area contributed by atoms with Crippen LogP contribution in [0.25, 0.3) is 0 Å². The van der Waals surface area contributed by atoms with Crippen molar-refractivity contribution in [3.05, 3.63) is 22.5 Å². The number of hydrogen-bond acceptors (Lipinski definition) is 2. The second-order valence-corrected chi connectivity index (χ2v) is 7.60. The normalized spacial score (nSPS) is 22.9. The highest BCUT2D eigenvalue weighted by Crippen LogP contribution is 2.52. The van der Waals surface area contributed by atoms with Crippen molar-refractivity contribution in [2.75, 3.05) is 19.6 Å². The first-order valence-electron chi connectivity index (χ1n) is 8.56. The van der Waals surface area contributed by atoms with E-state index in [9.17, 15) is 5.26 Å². The van der Waals surface area contributed by atoms with Crippen molar-refractivity contribution in [1.29, 1.82) is 5.26 Å². The number of nitriles is 1. The Balaban J connectivity index is 2.45. The van der Waals surface area contributed by atoms with E-state index in [2.05, 4.69) is 64.0 Å². The van der Waals surface area contributed by atoms with Crippen LogP contribution in [-0.4, -0.2) is 29.1 Å². The number of rotatable bonds is 5. The molecule has 0 aliphatic heterocycles. The molecule has 0 N–H and O–H groups in total. The SMILES string of the molecule is CCN(CC)CCn1c(C)c2c(c1C)C(C)(C#N)CC2(C)C. The molecule has 0 bridgehead atoms. The fourth-order valence-electron chi connectivity index (χ4n) is 4.66. The van der Waals surface area contributed by atoms with E-state index >= 15 is 0 Å². The standard InChI is InChI=1S/C19H31N3/c1-8-21(9-2)10-11-22-14(3)16-17(15(22)4)19(7,13-20)12-18(16,5)6/h8-12H2,1-7H3. The van der Waals surface area contributed by atoms with Crippen LogP contribution in [0.15, 0.2) is 0 Å². The van der Waals surface area contributed by atoms with Gasteiger partial charge in [0.25, 0.3) is 0 Å². The van der Waals surface area contributed by atoms with Gasteiger partial charge in [0.2, 0.25) is 0 Å². The summed E-state index contributed by atoms with van der Waals surface area (Å²) in [4.78, 5) is 2.46. The van der Waals surface area contributed by atoms with Crippen LogP contribution in [0.1, 0.15) is 63.6 Å². The van der Waals surface area contributed by atoms with Crippen LogP contribution in [0.4, 0.5) is 0 Å². The van der Waals surface area contributed by atoms with E-state index in [1.165, 1.54) is 22.5 Å². The van der Waals surface area contributed by atoms with E-state index < -0.39 is 0 Å². The molecule has 1 aromatic rings. The van der Waals surface area contributed by atoms with Crippen LogP contribution in [0.3, 0.4) is 0 Å². The summed E-state index contributed by atoms with van der Waals surface area (Å²) in [5.74, 6) is 0. The number of aromatic nitrogens is 1. The zero-order valence-corrected chi connectivity index (χ0v) is 15.4. The largest absolute Gasteiger partial charge is 0.347 e. The Labute approximate surface area is 135 Å². The molecule has 22 heavy (non-hydrogen) atoms. The van der Waals surface area contributed by atoms with Crippen LogP contribution in [0, 0.1) is 25.2 Å². The molecule has 0 saturated heterocycles. The molecule has 1 atom stereocenters. The predicted molar refractivity (Wildman–Crippen MR) is 92.3 cm³/mol. The van der Waals surface area contributed by atoms with Crippen LogP contribution < -0.4 is 0 Å². The quantitative estimate of drug-likeness (QED) is 0.826. The molecule has 0 aromatic carbocycles. The van der Waals surface area contributed by atoms with Gasteiger partial charge >= 0.3 is 0 Å². The number of nitrogens with zero attached hydrogens (tertiary/aromatic N) is 3. The molecule has 0 radical (unpaired) electrons. The van der Waals surface area contributed by atoms with Crippen molar-refractivity contribution < 1.29 is 0 Å². The van der Waals surface area contributed by atoms with Gasteiger partial charge in [0.05, 0.1) is 11.5 Å². The van der Waals surface area contributed by atoms with Crippen LogP contribution in [0.5, 0.6) is 0 Å². The minimum Gasteiger partial charge on any atom is -0.347 e. The van der Waals surface area contributed by atoms with E-state index in [0.717, 1.165) is 32.6 Å². The Morgan fingerprint density at radius 1 is 1.09 bits per heavy atom. The molecule has 0 amide bonds. The maximum atomic E-state index is 9.76. The Kier molecular flexibility index (Phi) is 4.46. The van der Waals surface area contributed by atoms with E-state index in [4.69, 9.17) is 0 Å². The Bertz CT molecular complexity index is 599. The average molecular weight is 301 g/mol. The highest BCUT2D eigenvalue weighted by atomic mass is 15.1. The molecule has 2 rings (SSSR count). The zero-order valence-electron chi connectivity index (χ0n) is 15.4. The van der Waals surface area contributed by atoms with Gasteiger partial charge in [-0.25, -0.2) is 0 Å². The van der Waals surface area contributed by atoms with Gasteiger partial charge in [0.1, 0.15) is 0 Å². The van der Waals surface area contributed by atoms with E-state index in [1.54, 1.807) is 0 Å². The summed E-state index contributed by atoms with van der Waals surface area (Å²) < 4.78 is 2.44. The van der Waals surface area contributed by atoms with Crippen molar-refractivity contribution in [3.8, 4) is 6.07 Å². The summed E-state index contributed by atoms with van der Waals surface area (Å²) in [6.07, 6.45) is 0.930. The smallest absolute Gasteiger partial charge is 0.0822 e. The van der Waals surface area contributed by atoms with Crippen molar-refractivity contribution in [2.45, 2.75) is 72.3 Å². The lowest BCUT2D eigenvalue weighted by atomic mass is 9.80. The van der Waals surface area contributed by atoms with Gasteiger partial charge in [-0.2, -0.15) is 5.26 Å². The summed E-state index contributed by atoms with van der Waals surface area (Å²) >= 11 is 0. The first kappa shape index (κ1) is 17.1. The fourth-order valence-corrected chi connectivity index (χ4v) is 4.66. The van der Waals surface area contributed by atoms with Crippen LogP contribution in [-0.2, 0) is 17.4 Å². The second kappa shape index (κ2) is 5.74. The third kappa shape index (κ3) is 2.48. The average Bonchev–Trinajstić information content (AvgIpc) is 2.85. The second-order valence-electron chi connectivity index (χ2n) is 7.60. The molecule has 1 heterocycles. The minimum absolute atomic E-state index is 0.0924. The Morgan fingerprint density at radius 2 is 1.64 bits per heavy atom. The maximum absolute atomic E-state index is 9.76.